The SMILES string of the molecule is CCc1nc(N(CCOC)C(CC)CC)sc1C=O. The molecule has 108 valence electrons. The minimum absolute atomic E-state index is 0.450. The van der Waals surface area contributed by atoms with Crippen molar-refractivity contribution in [1.82, 2.24) is 4.98 Å². The van der Waals surface area contributed by atoms with Gasteiger partial charge >= 0.3 is 0 Å². The summed E-state index contributed by atoms with van der Waals surface area (Å²) in [6.07, 6.45) is 3.85. The molecule has 0 unspecified atom stereocenters. The molecule has 5 heteroatoms. The van der Waals surface area contributed by atoms with Crippen LogP contribution >= 0.6 is 11.3 Å². The number of carbonyl (C=O) groups excluding carboxylic acids is 1. The molecule has 0 aliphatic rings. The van der Waals surface area contributed by atoms with Gasteiger partial charge in [0, 0.05) is 19.7 Å². The Morgan fingerprint density at radius 3 is 2.47 bits per heavy atom. The fraction of sp³-hybridized carbons (Fsp3) is 0.714. The van der Waals surface area contributed by atoms with Gasteiger partial charge < -0.3 is 9.64 Å². The number of aryl methyl sites for hydroxylation is 1. The predicted molar refractivity (Wildman–Crippen MR) is 80.5 cm³/mol. The highest BCUT2D eigenvalue weighted by Crippen LogP contribution is 2.28. The first-order valence-electron chi connectivity index (χ1n) is 6.92. The maximum atomic E-state index is 11.1. The topological polar surface area (TPSA) is 42.4 Å². The van der Waals surface area contributed by atoms with E-state index in [0.717, 1.165) is 47.8 Å². The lowest BCUT2D eigenvalue weighted by molar-refractivity contribution is 0.112. The number of thiazole rings is 1. The van der Waals surface area contributed by atoms with E-state index in [2.05, 4.69) is 23.7 Å². The van der Waals surface area contributed by atoms with Crippen molar-refractivity contribution >= 4 is 22.8 Å². The van der Waals surface area contributed by atoms with Crippen LogP contribution < -0.4 is 4.90 Å². The molecule has 0 radical (unpaired) electrons. The molecule has 19 heavy (non-hydrogen) atoms. The van der Waals surface area contributed by atoms with Crippen molar-refractivity contribution in [2.24, 2.45) is 0 Å². The Morgan fingerprint density at radius 2 is 2.05 bits per heavy atom. The normalized spacial score (nSPS) is 11.0. The second-order valence-electron chi connectivity index (χ2n) is 4.44. The van der Waals surface area contributed by atoms with Crippen LogP contribution in [0.5, 0.6) is 0 Å². The van der Waals surface area contributed by atoms with E-state index in [1.165, 1.54) is 11.3 Å². The van der Waals surface area contributed by atoms with Crippen molar-refractivity contribution in [1.29, 1.82) is 0 Å². The zero-order chi connectivity index (χ0) is 14.3. The van der Waals surface area contributed by atoms with Gasteiger partial charge in [0.25, 0.3) is 0 Å². The molecule has 1 aromatic heterocycles. The first-order chi connectivity index (χ1) is 9.21. The maximum Gasteiger partial charge on any atom is 0.186 e. The summed E-state index contributed by atoms with van der Waals surface area (Å²) in [6.45, 7) is 7.89. The highest BCUT2D eigenvalue weighted by atomic mass is 32.1. The molecule has 0 aromatic carbocycles. The molecule has 0 spiro atoms. The Morgan fingerprint density at radius 1 is 1.37 bits per heavy atom. The summed E-state index contributed by atoms with van der Waals surface area (Å²) >= 11 is 1.49. The number of aldehydes is 1. The second kappa shape index (κ2) is 8.27. The van der Waals surface area contributed by atoms with Crippen molar-refractivity contribution in [3.63, 3.8) is 0 Å². The summed E-state index contributed by atoms with van der Waals surface area (Å²) in [6, 6.07) is 0.450. The number of ether oxygens (including phenoxy) is 1. The zero-order valence-corrected chi connectivity index (χ0v) is 13.1. The number of hydrogen-bond acceptors (Lipinski definition) is 5. The van der Waals surface area contributed by atoms with Crippen LogP contribution in [0.1, 0.15) is 49.0 Å². The first kappa shape index (κ1) is 16.1. The molecule has 1 rings (SSSR count). The van der Waals surface area contributed by atoms with Crippen LogP contribution in [-0.4, -0.2) is 37.6 Å². The lowest BCUT2D eigenvalue weighted by Gasteiger charge is -2.29. The van der Waals surface area contributed by atoms with E-state index in [9.17, 15) is 4.79 Å². The van der Waals surface area contributed by atoms with Crippen molar-refractivity contribution < 1.29 is 9.53 Å². The fourth-order valence-corrected chi connectivity index (χ4v) is 3.24. The van der Waals surface area contributed by atoms with Crippen molar-refractivity contribution in [2.75, 3.05) is 25.2 Å². The minimum atomic E-state index is 0.450. The summed E-state index contributed by atoms with van der Waals surface area (Å²) in [5.74, 6) is 0. The van der Waals surface area contributed by atoms with Crippen LogP contribution in [0.3, 0.4) is 0 Å². The summed E-state index contributed by atoms with van der Waals surface area (Å²) in [5.41, 5.74) is 0.906. The smallest absolute Gasteiger partial charge is 0.186 e. The van der Waals surface area contributed by atoms with Crippen LogP contribution in [0.25, 0.3) is 0 Å². The molecule has 4 nitrogen and oxygen atoms in total. The standard InChI is InChI=1S/C14H24N2O2S/c1-5-11(6-2)16(8-9-18-4)14-15-12(7-3)13(10-17)19-14/h10-11H,5-9H2,1-4H3. The lowest BCUT2D eigenvalue weighted by atomic mass is 10.1. The summed E-state index contributed by atoms with van der Waals surface area (Å²) < 4.78 is 5.19. The van der Waals surface area contributed by atoms with Gasteiger partial charge in [0.1, 0.15) is 0 Å². The number of aromatic nitrogens is 1. The van der Waals surface area contributed by atoms with E-state index >= 15 is 0 Å². The van der Waals surface area contributed by atoms with Crippen molar-refractivity contribution in [3.05, 3.63) is 10.6 Å². The number of rotatable bonds is 9. The molecule has 1 heterocycles. The van der Waals surface area contributed by atoms with Gasteiger partial charge in [-0.3, -0.25) is 4.79 Å². The van der Waals surface area contributed by atoms with E-state index in [-0.39, 0.29) is 0 Å². The average molecular weight is 284 g/mol. The van der Waals surface area contributed by atoms with Gasteiger partial charge in [-0.1, -0.05) is 32.1 Å². The van der Waals surface area contributed by atoms with Gasteiger partial charge in [-0.2, -0.15) is 0 Å². The van der Waals surface area contributed by atoms with Crippen molar-refractivity contribution in [3.8, 4) is 0 Å². The Bertz CT molecular complexity index is 389. The van der Waals surface area contributed by atoms with Gasteiger partial charge in [0.15, 0.2) is 11.4 Å². The molecular weight excluding hydrogens is 260 g/mol. The Kier molecular flexibility index (Phi) is 7.02. The monoisotopic (exact) mass is 284 g/mol. The van der Waals surface area contributed by atoms with Crippen LogP contribution in [0, 0.1) is 0 Å². The number of methoxy groups -OCH3 is 1. The minimum Gasteiger partial charge on any atom is -0.383 e. The molecule has 0 aliphatic heterocycles. The summed E-state index contributed by atoms with van der Waals surface area (Å²) in [7, 11) is 1.71. The zero-order valence-electron chi connectivity index (χ0n) is 12.3. The molecule has 0 amide bonds. The largest absolute Gasteiger partial charge is 0.383 e. The van der Waals surface area contributed by atoms with Crippen LogP contribution in [0.4, 0.5) is 5.13 Å². The quantitative estimate of drug-likeness (QED) is 0.653. The van der Waals surface area contributed by atoms with E-state index < -0.39 is 0 Å². The third-order valence-corrected chi connectivity index (χ3v) is 4.38. The van der Waals surface area contributed by atoms with E-state index in [1.54, 1.807) is 7.11 Å². The average Bonchev–Trinajstić information content (AvgIpc) is 2.86. The van der Waals surface area contributed by atoms with E-state index in [1.807, 2.05) is 6.92 Å². The third-order valence-electron chi connectivity index (χ3n) is 3.32. The molecule has 0 saturated heterocycles. The lowest BCUT2D eigenvalue weighted by Crippen LogP contribution is -2.37. The maximum absolute atomic E-state index is 11.1. The molecule has 0 fully saturated rings. The molecule has 0 bridgehead atoms. The molecular formula is C14H24N2O2S. The number of carbonyl (C=O) groups is 1. The fourth-order valence-electron chi connectivity index (χ4n) is 2.17. The summed E-state index contributed by atoms with van der Waals surface area (Å²) in [5, 5.41) is 0.949. The van der Waals surface area contributed by atoms with Gasteiger partial charge in [0.2, 0.25) is 0 Å². The van der Waals surface area contributed by atoms with Crippen LogP contribution in [-0.2, 0) is 11.2 Å². The molecule has 1 aromatic rings. The molecule has 0 aliphatic carbocycles. The van der Waals surface area contributed by atoms with Crippen LogP contribution in [0.15, 0.2) is 0 Å². The first-order valence-corrected chi connectivity index (χ1v) is 7.73. The Labute approximate surface area is 119 Å². The third kappa shape index (κ3) is 4.01. The van der Waals surface area contributed by atoms with Gasteiger partial charge in [-0.15, -0.1) is 0 Å². The highest BCUT2D eigenvalue weighted by Gasteiger charge is 2.20. The molecule has 0 atom stereocenters. The van der Waals surface area contributed by atoms with E-state index in [4.69, 9.17) is 4.74 Å². The number of nitrogens with zero attached hydrogens (tertiary/aromatic N) is 2. The molecule has 0 saturated carbocycles. The molecule has 0 N–H and O–H groups in total. The van der Waals surface area contributed by atoms with Gasteiger partial charge in [0.05, 0.1) is 17.2 Å². The highest BCUT2D eigenvalue weighted by molar-refractivity contribution is 7.17. The van der Waals surface area contributed by atoms with Crippen molar-refractivity contribution in [2.45, 2.75) is 46.1 Å². The number of anilines is 1. The van der Waals surface area contributed by atoms with Gasteiger partial charge in [-0.05, 0) is 19.3 Å². The Balaban J connectivity index is 3.01. The Hall–Kier alpha value is -0.940. The van der Waals surface area contributed by atoms with E-state index in [0.29, 0.717) is 12.6 Å². The second-order valence-corrected chi connectivity index (χ2v) is 5.44. The predicted octanol–water partition coefficient (Wildman–Crippen LogP) is 3.16. The summed E-state index contributed by atoms with van der Waals surface area (Å²) in [4.78, 5) is 18.7. The number of hydrogen-bond donors (Lipinski definition) is 0. The van der Waals surface area contributed by atoms with Gasteiger partial charge in [-0.25, -0.2) is 4.98 Å². The van der Waals surface area contributed by atoms with Crippen LogP contribution in [0.2, 0.25) is 0 Å².